The van der Waals surface area contributed by atoms with Crippen molar-refractivity contribution in [2.45, 2.75) is 6.92 Å². The van der Waals surface area contributed by atoms with Gasteiger partial charge in [0.15, 0.2) is 0 Å². The van der Waals surface area contributed by atoms with Gasteiger partial charge in [0.1, 0.15) is 13.6 Å². The third-order valence-electron chi connectivity index (χ3n) is 0.941. The van der Waals surface area contributed by atoms with Crippen molar-refractivity contribution < 1.29 is 4.79 Å². The Morgan fingerprint density at radius 2 is 2.38 bits per heavy atom. The topological polar surface area (TPSA) is 23.0 Å². The molecule has 0 atom stereocenters. The van der Waals surface area contributed by atoms with Crippen LogP contribution in [0.15, 0.2) is 12.7 Å². The van der Waals surface area contributed by atoms with Crippen LogP contribution in [-0.4, -0.2) is 19.5 Å². The molecule has 0 heterocycles. The lowest BCUT2D eigenvalue weighted by Gasteiger charge is -1.93. The van der Waals surface area contributed by atoms with Crippen molar-refractivity contribution in [1.29, 1.82) is 0 Å². The molecule has 0 saturated carbocycles. The van der Waals surface area contributed by atoms with Crippen LogP contribution < -0.4 is 4.90 Å². The minimum atomic E-state index is 0.0740. The van der Waals surface area contributed by atoms with Crippen molar-refractivity contribution in [2.24, 2.45) is 0 Å². The highest BCUT2D eigenvalue weighted by molar-refractivity contribution is 5.75. The molecule has 0 aromatic heterocycles. The zero-order valence-electron chi connectivity index (χ0n) is 5.35. The Morgan fingerprint density at radius 1 is 1.88 bits per heavy atom. The lowest BCUT2D eigenvalue weighted by molar-refractivity contribution is -0.122. The second-order valence-corrected chi connectivity index (χ2v) is 1.69. The second-order valence-electron chi connectivity index (χ2n) is 1.69. The van der Waals surface area contributed by atoms with Crippen LogP contribution in [0, 0.1) is 0 Å². The maximum Gasteiger partial charge on any atom is 0.357 e. The molecule has 0 aliphatic carbocycles. The Hall–Kier alpha value is -0.630. The highest BCUT2D eigenvalue weighted by Crippen LogP contribution is 1.76. The molecule has 0 rings (SSSR count). The predicted molar refractivity (Wildman–Crippen MR) is 33.8 cm³/mol. The summed E-state index contributed by atoms with van der Waals surface area (Å²) in [4.78, 5) is 12.0. The molecule has 45 valence electrons. The summed E-state index contributed by atoms with van der Waals surface area (Å²) in [5, 5.41) is 0. The highest BCUT2D eigenvalue weighted by atomic mass is 16.2. The molecule has 0 unspecified atom stereocenters. The van der Waals surface area contributed by atoms with E-state index in [1.807, 2.05) is 0 Å². The standard InChI is InChI=1S/C6H11NO/c1-4-5-7(3)6(2)8/h4H,1,5H2,2-3H3/q+1. The Kier molecular flexibility index (Phi) is 3.12. The van der Waals surface area contributed by atoms with Gasteiger partial charge in [0.2, 0.25) is 0 Å². The monoisotopic (exact) mass is 113 g/mol. The molecule has 0 fully saturated rings. The molecule has 1 radical (unpaired) electrons. The first-order chi connectivity index (χ1) is 3.68. The normalized spacial score (nSPS) is 9.38. The van der Waals surface area contributed by atoms with Gasteiger partial charge in [0, 0.05) is 0 Å². The molecule has 0 N–H and O–H groups in total. The van der Waals surface area contributed by atoms with Crippen molar-refractivity contribution >= 4 is 5.91 Å². The fourth-order valence-corrected chi connectivity index (χ4v) is 0.322. The van der Waals surface area contributed by atoms with E-state index in [9.17, 15) is 4.79 Å². The highest BCUT2D eigenvalue weighted by Gasteiger charge is 2.09. The summed E-state index contributed by atoms with van der Waals surface area (Å²) in [5.74, 6) is 0.0740. The van der Waals surface area contributed by atoms with Crippen molar-refractivity contribution in [3.63, 3.8) is 0 Å². The quantitative estimate of drug-likeness (QED) is 0.377. The van der Waals surface area contributed by atoms with Gasteiger partial charge in [0.25, 0.3) is 0 Å². The fraction of sp³-hybridized carbons (Fsp3) is 0.500. The summed E-state index contributed by atoms with van der Waals surface area (Å²) in [6.45, 7) is 5.65. The molecule has 0 aromatic rings. The van der Waals surface area contributed by atoms with Gasteiger partial charge in [-0.1, -0.05) is 6.58 Å². The zero-order valence-corrected chi connectivity index (χ0v) is 5.35. The summed E-state index contributed by atoms with van der Waals surface area (Å²) < 4.78 is 0. The smallest absolute Gasteiger partial charge is 0.226 e. The SMILES string of the molecule is C=CC[N+](C)C(C)=O. The molecule has 0 aliphatic rings. The Balaban J connectivity index is 3.46. The van der Waals surface area contributed by atoms with E-state index in [1.165, 1.54) is 6.92 Å². The second kappa shape index (κ2) is 3.38. The van der Waals surface area contributed by atoms with Crippen molar-refractivity contribution in [3.8, 4) is 0 Å². The average Bonchev–Trinajstić information content (AvgIpc) is 1.67. The number of rotatable bonds is 2. The van der Waals surface area contributed by atoms with E-state index in [4.69, 9.17) is 0 Å². The molecule has 0 aliphatic heterocycles. The lowest BCUT2D eigenvalue weighted by atomic mass is 10.5. The van der Waals surface area contributed by atoms with E-state index in [-0.39, 0.29) is 5.91 Å². The van der Waals surface area contributed by atoms with Crippen LogP contribution in [0.5, 0.6) is 0 Å². The average molecular weight is 113 g/mol. The molecule has 0 saturated heterocycles. The van der Waals surface area contributed by atoms with Gasteiger partial charge >= 0.3 is 5.91 Å². The van der Waals surface area contributed by atoms with Gasteiger partial charge in [-0.2, -0.15) is 0 Å². The largest absolute Gasteiger partial charge is 0.357 e. The van der Waals surface area contributed by atoms with Crippen molar-refractivity contribution in [3.05, 3.63) is 12.7 Å². The first-order valence-electron chi connectivity index (χ1n) is 2.51. The van der Waals surface area contributed by atoms with Crippen LogP contribution in [0.2, 0.25) is 0 Å². The fourth-order valence-electron chi connectivity index (χ4n) is 0.322. The van der Waals surface area contributed by atoms with E-state index in [0.717, 1.165) is 0 Å². The zero-order chi connectivity index (χ0) is 6.57. The molecule has 0 aromatic carbocycles. The Morgan fingerprint density at radius 3 is 2.50 bits per heavy atom. The van der Waals surface area contributed by atoms with E-state index < -0.39 is 0 Å². The number of likely N-dealkylation sites (N-methyl/N-ethyl adjacent to an activating group) is 1. The molecule has 2 nitrogen and oxygen atoms in total. The van der Waals surface area contributed by atoms with Crippen LogP contribution in [-0.2, 0) is 4.79 Å². The summed E-state index contributed by atoms with van der Waals surface area (Å²) in [5.41, 5.74) is 0. The van der Waals surface area contributed by atoms with Gasteiger partial charge in [-0.05, 0) is 6.08 Å². The van der Waals surface area contributed by atoms with Crippen LogP contribution in [0.3, 0.4) is 0 Å². The molecular weight excluding hydrogens is 102 g/mol. The number of amides is 1. The molecule has 2 heteroatoms. The third kappa shape index (κ3) is 2.53. The first kappa shape index (κ1) is 7.37. The lowest BCUT2D eigenvalue weighted by Crippen LogP contribution is -2.29. The van der Waals surface area contributed by atoms with Crippen molar-refractivity contribution in [2.75, 3.05) is 13.6 Å². The predicted octanol–water partition coefficient (Wildman–Crippen LogP) is 0.489. The minimum Gasteiger partial charge on any atom is -0.226 e. The maximum absolute atomic E-state index is 10.4. The number of carbonyl (C=O) groups is 1. The van der Waals surface area contributed by atoms with E-state index >= 15 is 0 Å². The van der Waals surface area contributed by atoms with Gasteiger partial charge < -0.3 is 0 Å². The number of hydrogen-bond donors (Lipinski definition) is 0. The molecule has 0 spiro atoms. The third-order valence-corrected chi connectivity index (χ3v) is 0.941. The summed E-state index contributed by atoms with van der Waals surface area (Å²) in [7, 11) is 1.74. The van der Waals surface area contributed by atoms with E-state index in [0.29, 0.717) is 6.54 Å². The summed E-state index contributed by atoms with van der Waals surface area (Å²) in [6.07, 6.45) is 1.70. The van der Waals surface area contributed by atoms with Crippen LogP contribution >= 0.6 is 0 Å². The summed E-state index contributed by atoms with van der Waals surface area (Å²) >= 11 is 0. The Labute approximate surface area is 49.8 Å². The number of nitrogens with zero attached hydrogens (tertiary/aromatic N) is 1. The summed E-state index contributed by atoms with van der Waals surface area (Å²) in [6, 6.07) is 0. The molecular formula is C6H11NO+. The van der Waals surface area contributed by atoms with E-state index in [1.54, 1.807) is 18.0 Å². The molecule has 1 amide bonds. The minimum absolute atomic E-state index is 0.0740. The first-order valence-corrected chi connectivity index (χ1v) is 2.51. The van der Waals surface area contributed by atoms with Crippen LogP contribution in [0.1, 0.15) is 6.92 Å². The Bertz CT molecular complexity index is 98.7. The number of carbonyl (C=O) groups excluding carboxylic acids is 1. The van der Waals surface area contributed by atoms with Crippen LogP contribution in [0.4, 0.5) is 0 Å². The molecule has 0 bridgehead atoms. The maximum atomic E-state index is 10.4. The van der Waals surface area contributed by atoms with Crippen LogP contribution in [0.25, 0.3) is 0 Å². The van der Waals surface area contributed by atoms with Crippen molar-refractivity contribution in [1.82, 2.24) is 4.90 Å². The van der Waals surface area contributed by atoms with Gasteiger partial charge in [-0.25, -0.2) is 4.79 Å². The van der Waals surface area contributed by atoms with Gasteiger partial charge in [0.05, 0.1) is 6.92 Å². The van der Waals surface area contributed by atoms with E-state index in [2.05, 4.69) is 6.58 Å². The number of hydrogen-bond acceptors (Lipinski definition) is 1. The van der Waals surface area contributed by atoms with Gasteiger partial charge in [-0.3, -0.25) is 0 Å². The van der Waals surface area contributed by atoms with Gasteiger partial charge in [-0.15, -0.1) is 4.90 Å². The molecule has 8 heavy (non-hydrogen) atoms.